The minimum absolute atomic E-state index is 0.0498. The first kappa shape index (κ1) is 22.6. The Morgan fingerprint density at radius 3 is 2.77 bits per heavy atom. The number of halogens is 3. The van der Waals surface area contributed by atoms with E-state index in [0.717, 1.165) is 57.6 Å². The summed E-state index contributed by atoms with van der Waals surface area (Å²) in [6.07, 6.45) is 2.15. The Morgan fingerprint density at radius 1 is 1.27 bits per heavy atom. The molecule has 0 spiro atoms. The molecule has 3 N–H and O–H groups in total. The van der Waals surface area contributed by atoms with Crippen LogP contribution in [-0.2, 0) is 6.18 Å². The SMILES string of the molecule is CCCCCCCC(N)Oc1ccc(-c2noc([C@@H]3CCCN3)n2)cc1C(F)(F)F. The van der Waals surface area contributed by atoms with Crippen molar-refractivity contribution in [3.05, 3.63) is 29.7 Å². The van der Waals surface area contributed by atoms with Crippen LogP contribution in [0.15, 0.2) is 22.7 Å². The van der Waals surface area contributed by atoms with Crippen LogP contribution in [0.1, 0.15) is 75.8 Å². The minimum Gasteiger partial charge on any atom is -0.475 e. The molecule has 1 aromatic carbocycles. The number of rotatable bonds is 10. The largest absolute Gasteiger partial charge is 0.475 e. The van der Waals surface area contributed by atoms with E-state index < -0.39 is 18.0 Å². The minimum atomic E-state index is -4.59. The molecule has 3 rings (SSSR count). The summed E-state index contributed by atoms with van der Waals surface area (Å²) in [5, 5.41) is 7.07. The lowest BCUT2D eigenvalue weighted by Gasteiger charge is -2.19. The maximum Gasteiger partial charge on any atom is 0.419 e. The third-order valence-electron chi connectivity index (χ3n) is 5.21. The average Bonchev–Trinajstić information content (AvgIpc) is 3.39. The molecule has 1 unspecified atom stereocenters. The van der Waals surface area contributed by atoms with Gasteiger partial charge in [-0.3, -0.25) is 5.73 Å². The van der Waals surface area contributed by atoms with Crippen molar-refractivity contribution in [2.24, 2.45) is 5.73 Å². The molecule has 1 aliphatic rings. The molecule has 30 heavy (non-hydrogen) atoms. The highest BCUT2D eigenvalue weighted by Crippen LogP contribution is 2.39. The highest BCUT2D eigenvalue weighted by Gasteiger charge is 2.35. The van der Waals surface area contributed by atoms with Gasteiger partial charge in [-0.2, -0.15) is 18.2 Å². The smallest absolute Gasteiger partial charge is 0.419 e. The molecule has 1 aliphatic heterocycles. The van der Waals surface area contributed by atoms with E-state index in [2.05, 4.69) is 22.4 Å². The van der Waals surface area contributed by atoms with Gasteiger partial charge in [0.1, 0.15) is 12.0 Å². The number of aromatic nitrogens is 2. The van der Waals surface area contributed by atoms with Crippen LogP contribution in [0.5, 0.6) is 5.75 Å². The zero-order valence-corrected chi connectivity index (χ0v) is 17.2. The average molecular weight is 426 g/mol. The van der Waals surface area contributed by atoms with Crippen molar-refractivity contribution in [1.82, 2.24) is 15.5 Å². The van der Waals surface area contributed by atoms with Crippen LogP contribution >= 0.6 is 0 Å². The fourth-order valence-electron chi connectivity index (χ4n) is 3.55. The molecule has 1 fully saturated rings. The second-order valence-corrected chi connectivity index (χ2v) is 7.67. The molecule has 1 aromatic heterocycles. The summed E-state index contributed by atoms with van der Waals surface area (Å²) in [6, 6.07) is 3.71. The van der Waals surface area contributed by atoms with Crippen LogP contribution in [0, 0.1) is 0 Å². The zero-order chi connectivity index (χ0) is 21.6. The summed E-state index contributed by atoms with van der Waals surface area (Å²) in [7, 11) is 0. The first-order valence-electron chi connectivity index (χ1n) is 10.6. The van der Waals surface area contributed by atoms with Gasteiger partial charge < -0.3 is 14.6 Å². The third kappa shape index (κ3) is 5.95. The van der Waals surface area contributed by atoms with E-state index in [1.807, 2.05) is 0 Å². The molecule has 166 valence electrons. The molecule has 0 bridgehead atoms. The lowest BCUT2D eigenvalue weighted by molar-refractivity contribution is -0.139. The molecule has 0 radical (unpaired) electrons. The molecule has 0 aliphatic carbocycles. The Hall–Kier alpha value is -2.13. The monoisotopic (exact) mass is 426 g/mol. The molecule has 0 amide bonds. The number of nitrogens with zero attached hydrogens (tertiary/aromatic N) is 2. The Kier molecular flexibility index (Phi) is 7.71. The quantitative estimate of drug-likeness (QED) is 0.401. The van der Waals surface area contributed by atoms with Crippen molar-refractivity contribution >= 4 is 0 Å². The molecule has 2 aromatic rings. The maximum absolute atomic E-state index is 13.6. The summed E-state index contributed by atoms with van der Waals surface area (Å²) in [5.74, 6) is 0.228. The van der Waals surface area contributed by atoms with E-state index in [4.69, 9.17) is 15.0 Å². The van der Waals surface area contributed by atoms with E-state index in [1.54, 1.807) is 0 Å². The first-order chi connectivity index (χ1) is 14.4. The number of unbranched alkanes of at least 4 members (excludes halogenated alkanes) is 4. The normalized spacial score (nSPS) is 18.0. The van der Waals surface area contributed by atoms with E-state index in [9.17, 15) is 13.2 Å². The third-order valence-corrected chi connectivity index (χ3v) is 5.21. The molecular formula is C21H29F3N4O2. The summed E-state index contributed by atoms with van der Waals surface area (Å²) >= 11 is 0. The van der Waals surface area contributed by atoms with Gasteiger partial charge in [0.25, 0.3) is 0 Å². The van der Waals surface area contributed by atoms with Gasteiger partial charge in [-0.15, -0.1) is 0 Å². The number of benzene rings is 1. The second kappa shape index (κ2) is 10.3. The predicted octanol–water partition coefficient (Wildman–Crippen LogP) is 5.20. The van der Waals surface area contributed by atoms with Gasteiger partial charge in [0.15, 0.2) is 0 Å². The Bertz CT molecular complexity index is 804. The number of alkyl halides is 3. The summed E-state index contributed by atoms with van der Waals surface area (Å²) in [6.45, 7) is 2.98. The number of ether oxygens (including phenoxy) is 1. The van der Waals surface area contributed by atoms with Crippen molar-refractivity contribution in [3.8, 4) is 17.1 Å². The molecule has 9 heteroatoms. The van der Waals surface area contributed by atoms with Crippen LogP contribution in [0.4, 0.5) is 13.2 Å². The van der Waals surface area contributed by atoms with E-state index >= 15 is 0 Å². The molecule has 2 heterocycles. The summed E-state index contributed by atoms with van der Waals surface area (Å²) in [5.41, 5.74) is 5.24. The molecular weight excluding hydrogens is 397 g/mol. The van der Waals surface area contributed by atoms with Gasteiger partial charge in [-0.25, -0.2) is 0 Å². The van der Waals surface area contributed by atoms with Gasteiger partial charge in [-0.05, 0) is 50.4 Å². The lowest BCUT2D eigenvalue weighted by Crippen LogP contribution is -2.28. The van der Waals surface area contributed by atoms with Crippen LogP contribution in [0.25, 0.3) is 11.4 Å². The Labute approximate surface area is 174 Å². The summed E-state index contributed by atoms with van der Waals surface area (Å²) < 4.78 is 51.6. The number of hydrogen-bond acceptors (Lipinski definition) is 6. The summed E-state index contributed by atoms with van der Waals surface area (Å²) in [4.78, 5) is 4.27. The van der Waals surface area contributed by atoms with Crippen LogP contribution in [0.2, 0.25) is 0 Å². The van der Waals surface area contributed by atoms with Crippen LogP contribution < -0.4 is 15.8 Å². The molecule has 0 saturated carbocycles. The van der Waals surface area contributed by atoms with Crippen molar-refractivity contribution in [2.45, 2.75) is 76.7 Å². The van der Waals surface area contributed by atoms with E-state index in [1.165, 1.54) is 12.1 Å². The predicted molar refractivity (Wildman–Crippen MR) is 107 cm³/mol. The van der Waals surface area contributed by atoms with Crippen molar-refractivity contribution < 1.29 is 22.4 Å². The number of nitrogens with one attached hydrogen (secondary N) is 1. The van der Waals surface area contributed by atoms with Crippen molar-refractivity contribution in [3.63, 3.8) is 0 Å². The standard InChI is InChI=1S/C21H29F3N4O2/c1-2-3-4-5-6-9-18(25)29-17-11-10-14(13-15(17)21(22,23)24)19-27-20(30-28-19)16-8-7-12-26-16/h10-11,13,16,18,26H,2-9,12,25H2,1H3/t16-,18?/m0/s1. The van der Waals surface area contributed by atoms with Gasteiger partial charge in [0.05, 0.1) is 11.6 Å². The Morgan fingerprint density at radius 2 is 2.07 bits per heavy atom. The van der Waals surface area contributed by atoms with E-state index in [0.29, 0.717) is 12.3 Å². The van der Waals surface area contributed by atoms with Gasteiger partial charge in [-0.1, -0.05) is 37.8 Å². The fraction of sp³-hybridized carbons (Fsp3) is 0.619. The maximum atomic E-state index is 13.6. The second-order valence-electron chi connectivity index (χ2n) is 7.67. The highest BCUT2D eigenvalue weighted by atomic mass is 19.4. The van der Waals surface area contributed by atoms with Gasteiger partial charge in [0, 0.05) is 5.56 Å². The highest BCUT2D eigenvalue weighted by molar-refractivity contribution is 5.59. The number of hydrogen-bond donors (Lipinski definition) is 2. The fourth-order valence-corrected chi connectivity index (χ4v) is 3.55. The first-order valence-corrected chi connectivity index (χ1v) is 10.6. The van der Waals surface area contributed by atoms with Crippen LogP contribution in [-0.4, -0.2) is 22.9 Å². The van der Waals surface area contributed by atoms with Crippen LogP contribution in [0.3, 0.4) is 0 Å². The number of nitrogens with two attached hydrogens (primary N) is 1. The molecule has 2 atom stereocenters. The Balaban J connectivity index is 1.71. The van der Waals surface area contributed by atoms with Gasteiger partial charge >= 0.3 is 6.18 Å². The lowest BCUT2D eigenvalue weighted by atomic mass is 10.1. The molecule has 1 saturated heterocycles. The van der Waals surface area contributed by atoms with Gasteiger partial charge in [0.2, 0.25) is 11.7 Å². The topological polar surface area (TPSA) is 86.2 Å². The van der Waals surface area contributed by atoms with Crippen molar-refractivity contribution in [1.29, 1.82) is 0 Å². The van der Waals surface area contributed by atoms with E-state index in [-0.39, 0.29) is 23.2 Å². The zero-order valence-electron chi connectivity index (χ0n) is 17.2. The molecule has 6 nitrogen and oxygen atoms in total. The van der Waals surface area contributed by atoms with Crippen molar-refractivity contribution in [2.75, 3.05) is 6.54 Å².